The fourth-order valence-corrected chi connectivity index (χ4v) is 4.20. The van der Waals surface area contributed by atoms with Gasteiger partial charge in [-0.15, -0.1) is 0 Å². The van der Waals surface area contributed by atoms with Gasteiger partial charge >= 0.3 is 0 Å². The molecule has 0 N–H and O–H groups in total. The number of amides is 1. The van der Waals surface area contributed by atoms with Crippen LogP contribution < -0.4 is 4.74 Å². The summed E-state index contributed by atoms with van der Waals surface area (Å²) in [4.78, 5) is 19.4. The molecule has 3 aromatic rings. The summed E-state index contributed by atoms with van der Waals surface area (Å²) in [5, 5.41) is 0. The fourth-order valence-electron chi connectivity index (χ4n) is 4.20. The van der Waals surface area contributed by atoms with E-state index in [0.717, 1.165) is 48.4 Å². The molecule has 2 aromatic carbocycles. The van der Waals surface area contributed by atoms with Gasteiger partial charge in [0.2, 0.25) is 5.91 Å². The molecule has 2 heterocycles. The number of imidazole rings is 1. The van der Waals surface area contributed by atoms with Crippen molar-refractivity contribution < 1.29 is 9.53 Å². The molecule has 0 saturated carbocycles. The Morgan fingerprint density at radius 1 is 1.14 bits per heavy atom. The van der Waals surface area contributed by atoms with Gasteiger partial charge in [0.25, 0.3) is 0 Å². The summed E-state index contributed by atoms with van der Waals surface area (Å²) in [5.41, 5.74) is 3.39. The van der Waals surface area contributed by atoms with Crippen molar-refractivity contribution in [2.24, 2.45) is 0 Å². The minimum Gasteiger partial charge on any atom is -0.492 e. The smallest absolute Gasteiger partial charge is 0.222 e. The first kappa shape index (κ1) is 19.5. The van der Waals surface area contributed by atoms with Gasteiger partial charge in [0.05, 0.1) is 23.6 Å². The molecule has 1 fully saturated rings. The van der Waals surface area contributed by atoms with Crippen molar-refractivity contribution in [2.75, 3.05) is 13.2 Å². The summed E-state index contributed by atoms with van der Waals surface area (Å²) in [5.74, 6) is 2.07. The van der Waals surface area contributed by atoms with E-state index in [-0.39, 0.29) is 11.9 Å². The molecule has 1 aliphatic heterocycles. The van der Waals surface area contributed by atoms with Crippen LogP contribution in [0.3, 0.4) is 0 Å². The Bertz CT molecular complexity index is 977. The van der Waals surface area contributed by atoms with Gasteiger partial charge in [0, 0.05) is 13.0 Å². The standard InChI is InChI=1S/C24H29N3O2/c1-3-18-11-13-19(14-12-18)29-17-16-27-21-9-6-5-8-20(21)25-24(27)22-10-7-15-26(22)23(28)4-2/h5-6,8-9,11-14,22H,3-4,7,10,15-17H2,1-2H3/t22-/m1/s1. The van der Waals surface area contributed by atoms with E-state index in [4.69, 9.17) is 9.72 Å². The van der Waals surface area contributed by atoms with Crippen LogP contribution in [0.2, 0.25) is 0 Å². The lowest BCUT2D eigenvalue weighted by atomic mass is 10.2. The van der Waals surface area contributed by atoms with E-state index in [1.165, 1.54) is 5.56 Å². The third-order valence-corrected chi connectivity index (χ3v) is 5.77. The molecule has 29 heavy (non-hydrogen) atoms. The highest BCUT2D eigenvalue weighted by atomic mass is 16.5. The van der Waals surface area contributed by atoms with Crippen LogP contribution in [0.4, 0.5) is 0 Å². The number of carbonyl (C=O) groups is 1. The maximum Gasteiger partial charge on any atom is 0.222 e. The number of aromatic nitrogens is 2. The summed E-state index contributed by atoms with van der Waals surface area (Å²) >= 11 is 0. The van der Waals surface area contributed by atoms with Gasteiger partial charge in [0.15, 0.2) is 0 Å². The molecule has 1 saturated heterocycles. The minimum absolute atomic E-state index is 0.0543. The Morgan fingerprint density at radius 3 is 2.69 bits per heavy atom. The van der Waals surface area contributed by atoms with Crippen molar-refractivity contribution in [3.8, 4) is 5.75 Å². The van der Waals surface area contributed by atoms with Crippen molar-refractivity contribution in [2.45, 2.75) is 52.1 Å². The number of rotatable bonds is 7. The van der Waals surface area contributed by atoms with Crippen LogP contribution in [-0.4, -0.2) is 33.5 Å². The van der Waals surface area contributed by atoms with Crippen LogP contribution >= 0.6 is 0 Å². The molecule has 0 unspecified atom stereocenters. The summed E-state index contributed by atoms with van der Waals surface area (Å²) in [6, 6.07) is 16.5. The maximum absolute atomic E-state index is 12.4. The Kier molecular flexibility index (Phi) is 5.84. The van der Waals surface area contributed by atoms with Gasteiger partial charge in [0.1, 0.15) is 18.2 Å². The molecule has 152 valence electrons. The summed E-state index contributed by atoms with van der Waals surface area (Å²) in [7, 11) is 0. The molecular weight excluding hydrogens is 362 g/mol. The van der Waals surface area contributed by atoms with E-state index in [1.807, 2.05) is 42.2 Å². The highest BCUT2D eigenvalue weighted by Crippen LogP contribution is 2.33. The number of likely N-dealkylation sites (tertiary alicyclic amines) is 1. The van der Waals surface area contributed by atoms with E-state index >= 15 is 0 Å². The van der Waals surface area contributed by atoms with E-state index in [9.17, 15) is 4.79 Å². The van der Waals surface area contributed by atoms with Crippen molar-refractivity contribution in [1.29, 1.82) is 0 Å². The molecule has 4 rings (SSSR count). The molecular formula is C24H29N3O2. The van der Waals surface area contributed by atoms with Gasteiger partial charge < -0.3 is 14.2 Å². The number of hydrogen-bond donors (Lipinski definition) is 0. The Labute approximate surface area is 172 Å². The van der Waals surface area contributed by atoms with Crippen molar-refractivity contribution in [3.63, 3.8) is 0 Å². The van der Waals surface area contributed by atoms with E-state index in [2.05, 4.69) is 29.7 Å². The summed E-state index contributed by atoms with van der Waals surface area (Å²) < 4.78 is 8.25. The first-order valence-electron chi connectivity index (χ1n) is 10.7. The van der Waals surface area contributed by atoms with Crippen LogP contribution in [0.5, 0.6) is 5.75 Å². The highest BCUT2D eigenvalue weighted by Gasteiger charge is 2.32. The molecule has 5 heteroatoms. The average Bonchev–Trinajstić information content (AvgIpc) is 3.38. The SMILES string of the molecule is CCC(=O)N1CCC[C@@H]1c1nc2ccccc2n1CCOc1ccc(CC)cc1. The molecule has 0 spiro atoms. The molecule has 0 radical (unpaired) electrons. The number of carbonyl (C=O) groups excluding carboxylic acids is 1. The summed E-state index contributed by atoms with van der Waals surface area (Å²) in [6.07, 6.45) is 3.56. The van der Waals surface area contributed by atoms with Crippen LogP contribution in [0.1, 0.15) is 50.5 Å². The number of fused-ring (bicyclic) bond motifs is 1. The molecule has 1 atom stereocenters. The van der Waals surface area contributed by atoms with E-state index in [0.29, 0.717) is 19.6 Å². The van der Waals surface area contributed by atoms with Crippen LogP contribution in [0.15, 0.2) is 48.5 Å². The lowest BCUT2D eigenvalue weighted by molar-refractivity contribution is -0.131. The second-order valence-corrected chi connectivity index (χ2v) is 7.56. The number of nitrogens with zero attached hydrogens (tertiary/aromatic N) is 3. The number of benzene rings is 2. The fraction of sp³-hybridized carbons (Fsp3) is 0.417. The minimum atomic E-state index is 0.0543. The van der Waals surface area contributed by atoms with Crippen LogP contribution in [-0.2, 0) is 17.8 Å². The predicted molar refractivity (Wildman–Crippen MR) is 115 cm³/mol. The molecule has 1 aromatic heterocycles. The number of ether oxygens (including phenoxy) is 1. The third kappa shape index (κ3) is 4.00. The topological polar surface area (TPSA) is 47.4 Å². The summed E-state index contributed by atoms with van der Waals surface area (Å²) in [6.45, 7) is 6.17. The number of para-hydroxylation sites is 2. The second-order valence-electron chi connectivity index (χ2n) is 7.56. The largest absolute Gasteiger partial charge is 0.492 e. The molecule has 0 aliphatic carbocycles. The lowest BCUT2D eigenvalue weighted by Gasteiger charge is -2.25. The van der Waals surface area contributed by atoms with Gasteiger partial charge in [-0.3, -0.25) is 4.79 Å². The molecule has 1 aliphatic rings. The van der Waals surface area contributed by atoms with Gasteiger partial charge in [-0.1, -0.05) is 38.1 Å². The monoisotopic (exact) mass is 391 g/mol. The first-order valence-corrected chi connectivity index (χ1v) is 10.7. The molecule has 0 bridgehead atoms. The van der Waals surface area contributed by atoms with E-state index < -0.39 is 0 Å². The van der Waals surface area contributed by atoms with Crippen LogP contribution in [0, 0.1) is 0 Å². The maximum atomic E-state index is 12.4. The number of hydrogen-bond acceptors (Lipinski definition) is 3. The van der Waals surface area contributed by atoms with Crippen molar-refractivity contribution >= 4 is 16.9 Å². The number of aryl methyl sites for hydroxylation is 1. The van der Waals surface area contributed by atoms with Crippen LogP contribution in [0.25, 0.3) is 11.0 Å². The second kappa shape index (κ2) is 8.68. The predicted octanol–water partition coefficient (Wildman–Crippen LogP) is 4.75. The lowest BCUT2D eigenvalue weighted by Crippen LogP contribution is -2.31. The van der Waals surface area contributed by atoms with Crippen molar-refractivity contribution in [1.82, 2.24) is 14.5 Å². The third-order valence-electron chi connectivity index (χ3n) is 5.77. The Morgan fingerprint density at radius 2 is 1.93 bits per heavy atom. The zero-order valence-corrected chi connectivity index (χ0v) is 17.3. The van der Waals surface area contributed by atoms with Crippen molar-refractivity contribution in [3.05, 3.63) is 59.9 Å². The average molecular weight is 392 g/mol. The zero-order valence-electron chi connectivity index (χ0n) is 17.3. The Hall–Kier alpha value is -2.82. The normalized spacial score (nSPS) is 16.5. The Balaban J connectivity index is 1.57. The zero-order chi connectivity index (χ0) is 20.2. The van der Waals surface area contributed by atoms with E-state index in [1.54, 1.807) is 0 Å². The van der Waals surface area contributed by atoms with Gasteiger partial charge in [-0.25, -0.2) is 4.98 Å². The highest BCUT2D eigenvalue weighted by molar-refractivity contribution is 5.78. The molecule has 5 nitrogen and oxygen atoms in total. The molecule has 1 amide bonds. The first-order chi connectivity index (χ1) is 14.2. The van der Waals surface area contributed by atoms with Gasteiger partial charge in [-0.2, -0.15) is 0 Å². The van der Waals surface area contributed by atoms with Gasteiger partial charge in [-0.05, 0) is 49.1 Å². The quantitative estimate of drug-likeness (QED) is 0.584.